The number of hydrogen-bond donors (Lipinski definition) is 1. The van der Waals surface area contributed by atoms with Crippen LogP contribution in [-0.4, -0.2) is 9.55 Å². The molecule has 0 aliphatic rings. The Kier molecular flexibility index (Phi) is 2.45. The number of nitrogens with two attached hydrogens (primary N) is 1. The lowest BCUT2D eigenvalue weighted by atomic mass is 10.2. The van der Waals surface area contributed by atoms with Gasteiger partial charge in [-0.2, -0.15) is 0 Å². The highest BCUT2D eigenvalue weighted by Crippen LogP contribution is 2.26. The first-order valence-corrected chi connectivity index (χ1v) is 5.73. The van der Waals surface area contributed by atoms with Gasteiger partial charge in [0.05, 0.1) is 16.7 Å². The van der Waals surface area contributed by atoms with E-state index >= 15 is 0 Å². The maximum Gasteiger partial charge on any atom is 0.206 e. The SMILES string of the molecule is Nc1nc2ccccc2n1-c1ccc(Cl)cc1F. The van der Waals surface area contributed by atoms with Gasteiger partial charge in [0.15, 0.2) is 0 Å². The normalized spacial score (nSPS) is 11.0. The van der Waals surface area contributed by atoms with Crippen molar-refractivity contribution in [1.29, 1.82) is 0 Å². The molecule has 0 aliphatic carbocycles. The summed E-state index contributed by atoms with van der Waals surface area (Å²) in [5.74, 6) is -0.185. The zero-order chi connectivity index (χ0) is 12.7. The zero-order valence-corrected chi connectivity index (χ0v) is 10.0. The Labute approximate surface area is 108 Å². The van der Waals surface area contributed by atoms with E-state index < -0.39 is 5.82 Å². The van der Waals surface area contributed by atoms with Gasteiger partial charge in [-0.1, -0.05) is 23.7 Å². The maximum absolute atomic E-state index is 13.9. The van der Waals surface area contributed by atoms with Crippen molar-refractivity contribution < 1.29 is 4.39 Å². The molecule has 0 radical (unpaired) electrons. The predicted octanol–water partition coefficient (Wildman–Crippen LogP) is 3.40. The Balaban J connectivity index is 2.34. The Morgan fingerprint density at radius 2 is 1.94 bits per heavy atom. The summed E-state index contributed by atoms with van der Waals surface area (Å²) < 4.78 is 15.5. The van der Waals surface area contributed by atoms with E-state index in [9.17, 15) is 4.39 Å². The lowest BCUT2D eigenvalue weighted by molar-refractivity contribution is 0.620. The molecule has 2 aromatic carbocycles. The lowest BCUT2D eigenvalue weighted by Crippen LogP contribution is -2.02. The Morgan fingerprint density at radius 1 is 1.17 bits per heavy atom. The van der Waals surface area contributed by atoms with Gasteiger partial charge < -0.3 is 5.73 Å². The molecule has 0 atom stereocenters. The van der Waals surface area contributed by atoms with Crippen LogP contribution in [0.1, 0.15) is 0 Å². The number of fused-ring (bicyclic) bond motifs is 1. The molecule has 2 N–H and O–H groups in total. The molecule has 0 aliphatic heterocycles. The monoisotopic (exact) mass is 261 g/mol. The number of hydrogen-bond acceptors (Lipinski definition) is 2. The average Bonchev–Trinajstić information content (AvgIpc) is 2.66. The molecule has 0 bridgehead atoms. The number of aromatic nitrogens is 2. The van der Waals surface area contributed by atoms with E-state index in [2.05, 4.69) is 4.98 Å². The largest absolute Gasteiger partial charge is 0.369 e. The quantitative estimate of drug-likeness (QED) is 0.730. The van der Waals surface area contributed by atoms with E-state index in [4.69, 9.17) is 17.3 Å². The highest BCUT2D eigenvalue weighted by molar-refractivity contribution is 6.30. The standard InChI is InChI=1S/C13H9ClFN3/c14-8-5-6-11(9(15)7-8)18-12-4-2-1-3-10(12)17-13(18)16/h1-7H,(H2,16,17). The van der Waals surface area contributed by atoms with Crippen molar-refractivity contribution in [2.45, 2.75) is 0 Å². The van der Waals surface area contributed by atoms with Crippen LogP contribution in [0, 0.1) is 5.82 Å². The van der Waals surface area contributed by atoms with Gasteiger partial charge in [0.2, 0.25) is 5.95 Å². The van der Waals surface area contributed by atoms with Gasteiger partial charge in [-0.25, -0.2) is 9.37 Å². The molecule has 90 valence electrons. The van der Waals surface area contributed by atoms with E-state index in [0.717, 1.165) is 11.0 Å². The molecule has 5 heteroatoms. The third-order valence-corrected chi connectivity index (χ3v) is 2.97. The fourth-order valence-electron chi connectivity index (χ4n) is 1.96. The molecule has 0 amide bonds. The van der Waals surface area contributed by atoms with Crippen molar-refractivity contribution in [1.82, 2.24) is 9.55 Å². The number of rotatable bonds is 1. The fourth-order valence-corrected chi connectivity index (χ4v) is 2.12. The molecular weight excluding hydrogens is 253 g/mol. The van der Waals surface area contributed by atoms with Gasteiger partial charge in [-0.05, 0) is 30.3 Å². The molecule has 18 heavy (non-hydrogen) atoms. The van der Waals surface area contributed by atoms with Gasteiger partial charge in [-0.15, -0.1) is 0 Å². The zero-order valence-electron chi connectivity index (χ0n) is 9.27. The molecule has 3 rings (SSSR count). The minimum Gasteiger partial charge on any atom is -0.369 e. The second kappa shape index (κ2) is 3.99. The molecule has 1 aromatic heterocycles. The maximum atomic E-state index is 13.9. The molecule has 3 aromatic rings. The van der Waals surface area contributed by atoms with Gasteiger partial charge in [0, 0.05) is 5.02 Å². The number of nitrogens with zero attached hydrogens (tertiary/aromatic N) is 2. The predicted molar refractivity (Wildman–Crippen MR) is 70.5 cm³/mol. The first kappa shape index (κ1) is 11.0. The van der Waals surface area contributed by atoms with Crippen LogP contribution < -0.4 is 5.73 Å². The van der Waals surface area contributed by atoms with Crippen molar-refractivity contribution in [2.24, 2.45) is 0 Å². The molecule has 1 heterocycles. The number of benzene rings is 2. The van der Waals surface area contributed by atoms with E-state index in [0.29, 0.717) is 10.7 Å². The summed E-state index contributed by atoms with van der Waals surface area (Å²) in [6.45, 7) is 0. The molecule has 0 saturated heterocycles. The number of nitrogen functional groups attached to an aromatic ring is 1. The molecule has 3 nitrogen and oxygen atoms in total. The molecular formula is C13H9ClFN3. The van der Waals surface area contributed by atoms with Crippen LogP contribution in [-0.2, 0) is 0 Å². The Hall–Kier alpha value is -2.07. The van der Waals surface area contributed by atoms with Crippen molar-refractivity contribution >= 4 is 28.6 Å². The van der Waals surface area contributed by atoms with Crippen LogP contribution in [0.4, 0.5) is 10.3 Å². The van der Waals surface area contributed by atoms with Gasteiger partial charge in [0.1, 0.15) is 5.82 Å². The second-order valence-corrected chi connectivity index (χ2v) is 4.33. The summed E-state index contributed by atoms with van der Waals surface area (Å²) in [6.07, 6.45) is 0. The van der Waals surface area contributed by atoms with Crippen molar-refractivity contribution in [3.63, 3.8) is 0 Å². The summed E-state index contributed by atoms with van der Waals surface area (Å²) in [5, 5.41) is 0.347. The summed E-state index contributed by atoms with van der Waals surface area (Å²) in [7, 11) is 0. The van der Waals surface area contributed by atoms with Crippen molar-refractivity contribution in [3.05, 3.63) is 53.3 Å². The van der Waals surface area contributed by atoms with Crippen LogP contribution in [0.2, 0.25) is 5.02 Å². The molecule has 0 saturated carbocycles. The number of anilines is 1. The summed E-state index contributed by atoms with van der Waals surface area (Å²) >= 11 is 5.74. The topological polar surface area (TPSA) is 43.8 Å². The lowest BCUT2D eigenvalue weighted by Gasteiger charge is -2.07. The summed E-state index contributed by atoms with van der Waals surface area (Å²) in [4.78, 5) is 4.19. The van der Waals surface area contributed by atoms with Crippen LogP contribution in [0.15, 0.2) is 42.5 Å². The Morgan fingerprint density at radius 3 is 2.72 bits per heavy atom. The number of para-hydroxylation sites is 2. The first-order chi connectivity index (χ1) is 8.66. The molecule has 0 spiro atoms. The summed E-state index contributed by atoms with van der Waals surface area (Å²) in [5.41, 5.74) is 7.67. The second-order valence-electron chi connectivity index (χ2n) is 3.89. The molecule has 0 unspecified atom stereocenters. The smallest absolute Gasteiger partial charge is 0.206 e. The molecule has 0 fully saturated rings. The third-order valence-electron chi connectivity index (χ3n) is 2.74. The van der Waals surface area contributed by atoms with Gasteiger partial charge in [0.25, 0.3) is 0 Å². The average molecular weight is 262 g/mol. The highest BCUT2D eigenvalue weighted by Gasteiger charge is 2.13. The van der Waals surface area contributed by atoms with Gasteiger partial charge in [-0.3, -0.25) is 4.57 Å². The first-order valence-electron chi connectivity index (χ1n) is 5.35. The number of imidazole rings is 1. The minimum absolute atomic E-state index is 0.248. The van der Waals surface area contributed by atoms with Crippen molar-refractivity contribution in [2.75, 3.05) is 5.73 Å². The van der Waals surface area contributed by atoms with Crippen LogP contribution in [0.3, 0.4) is 0 Å². The van der Waals surface area contributed by atoms with E-state index in [1.54, 1.807) is 16.7 Å². The third kappa shape index (κ3) is 1.62. The number of halogens is 2. The van der Waals surface area contributed by atoms with E-state index in [1.807, 2.05) is 24.3 Å². The Bertz CT molecular complexity index is 736. The van der Waals surface area contributed by atoms with Gasteiger partial charge >= 0.3 is 0 Å². The van der Waals surface area contributed by atoms with E-state index in [-0.39, 0.29) is 5.95 Å². The fraction of sp³-hybridized carbons (Fsp3) is 0. The minimum atomic E-state index is -0.433. The summed E-state index contributed by atoms with van der Waals surface area (Å²) in [6, 6.07) is 11.8. The van der Waals surface area contributed by atoms with E-state index in [1.165, 1.54) is 6.07 Å². The highest BCUT2D eigenvalue weighted by atomic mass is 35.5. The van der Waals surface area contributed by atoms with Crippen LogP contribution in [0.5, 0.6) is 0 Å². The van der Waals surface area contributed by atoms with Crippen molar-refractivity contribution in [3.8, 4) is 5.69 Å². The van der Waals surface area contributed by atoms with Crippen LogP contribution >= 0.6 is 11.6 Å². The van der Waals surface area contributed by atoms with Crippen LogP contribution in [0.25, 0.3) is 16.7 Å².